The molecule has 1 aliphatic heterocycles. The number of fused-ring (bicyclic) bond motifs is 1. The van der Waals surface area contributed by atoms with Gasteiger partial charge in [0.25, 0.3) is 0 Å². The molecule has 2 rings (SSSR count). The van der Waals surface area contributed by atoms with Crippen LogP contribution in [0.5, 0.6) is 5.75 Å². The predicted octanol–water partition coefficient (Wildman–Crippen LogP) is 3.68. The molecule has 1 aromatic carbocycles. The molecule has 0 radical (unpaired) electrons. The lowest BCUT2D eigenvalue weighted by Crippen LogP contribution is -2.38. The van der Waals surface area contributed by atoms with Gasteiger partial charge in [0.05, 0.1) is 6.61 Å². The Labute approximate surface area is 117 Å². The average Bonchev–Trinajstić information content (AvgIpc) is 2.73. The quantitative estimate of drug-likeness (QED) is 0.892. The van der Waals surface area contributed by atoms with Crippen molar-refractivity contribution >= 4 is 0 Å². The number of nitrogens with one attached hydrogen (secondary N) is 1. The third-order valence-corrected chi connectivity index (χ3v) is 3.88. The van der Waals surface area contributed by atoms with E-state index in [1.165, 1.54) is 11.1 Å². The van der Waals surface area contributed by atoms with Crippen molar-refractivity contribution in [2.75, 3.05) is 13.2 Å². The van der Waals surface area contributed by atoms with Gasteiger partial charge in [-0.3, -0.25) is 0 Å². The molecule has 1 heterocycles. The van der Waals surface area contributed by atoms with Gasteiger partial charge in [-0.25, -0.2) is 0 Å². The third-order valence-electron chi connectivity index (χ3n) is 3.88. The largest absolute Gasteiger partial charge is 0.493 e. The number of hydrogen-bond donors (Lipinski definition) is 1. The van der Waals surface area contributed by atoms with Crippen LogP contribution in [0.15, 0.2) is 18.2 Å². The van der Waals surface area contributed by atoms with Crippen molar-refractivity contribution in [3.63, 3.8) is 0 Å². The molecular formula is C17H27NO. The van der Waals surface area contributed by atoms with Crippen LogP contribution < -0.4 is 10.1 Å². The van der Waals surface area contributed by atoms with E-state index in [-0.39, 0.29) is 11.0 Å². The highest BCUT2D eigenvalue weighted by Gasteiger charge is 2.23. The van der Waals surface area contributed by atoms with Crippen molar-refractivity contribution < 1.29 is 4.74 Å². The molecule has 106 valence electrons. The van der Waals surface area contributed by atoms with E-state index in [1.54, 1.807) is 0 Å². The summed E-state index contributed by atoms with van der Waals surface area (Å²) >= 11 is 0. The maximum Gasteiger partial charge on any atom is 0.122 e. The first-order chi connectivity index (χ1) is 8.78. The number of rotatable bonds is 4. The fourth-order valence-corrected chi connectivity index (χ4v) is 2.50. The second kappa shape index (κ2) is 5.16. The lowest BCUT2D eigenvalue weighted by atomic mass is 9.80. The number of ether oxygens (including phenoxy) is 1. The van der Waals surface area contributed by atoms with Crippen LogP contribution in [0.4, 0.5) is 0 Å². The highest BCUT2D eigenvalue weighted by atomic mass is 16.5. The van der Waals surface area contributed by atoms with Crippen LogP contribution in [0.3, 0.4) is 0 Å². The summed E-state index contributed by atoms with van der Waals surface area (Å²) in [5, 5.41) is 3.58. The van der Waals surface area contributed by atoms with Gasteiger partial charge in [-0.05, 0) is 56.3 Å². The predicted molar refractivity (Wildman–Crippen MR) is 81.0 cm³/mol. The van der Waals surface area contributed by atoms with Gasteiger partial charge in [-0.2, -0.15) is 0 Å². The molecule has 1 aromatic rings. The topological polar surface area (TPSA) is 21.3 Å². The van der Waals surface area contributed by atoms with Crippen molar-refractivity contribution in [1.29, 1.82) is 0 Å². The molecule has 0 bridgehead atoms. The standard InChI is InChI=1S/C17H27NO/c1-16(2,3)18-10-9-17(4,5)14-6-7-15-13(12-14)8-11-19-15/h6-7,12,18H,8-11H2,1-5H3. The van der Waals surface area contributed by atoms with E-state index >= 15 is 0 Å². The van der Waals surface area contributed by atoms with Crippen LogP contribution in [-0.4, -0.2) is 18.7 Å². The average molecular weight is 261 g/mol. The summed E-state index contributed by atoms with van der Waals surface area (Å²) in [6.45, 7) is 13.2. The SMILES string of the molecule is CC(C)(C)NCCC(C)(C)c1ccc2c(c1)CCO2. The van der Waals surface area contributed by atoms with Crippen molar-refractivity contribution in [3.8, 4) is 5.75 Å². The van der Waals surface area contributed by atoms with E-state index in [4.69, 9.17) is 4.74 Å². The van der Waals surface area contributed by atoms with Gasteiger partial charge in [0.1, 0.15) is 5.75 Å². The normalized spacial score (nSPS) is 15.2. The third kappa shape index (κ3) is 3.73. The Balaban J connectivity index is 2.03. The summed E-state index contributed by atoms with van der Waals surface area (Å²) in [6, 6.07) is 6.69. The Kier molecular flexibility index (Phi) is 3.91. The molecular weight excluding hydrogens is 234 g/mol. The number of benzene rings is 1. The molecule has 0 saturated carbocycles. The Morgan fingerprint density at radius 3 is 2.58 bits per heavy atom. The van der Waals surface area contributed by atoms with Gasteiger partial charge < -0.3 is 10.1 Å². The first-order valence-corrected chi connectivity index (χ1v) is 7.29. The summed E-state index contributed by atoms with van der Waals surface area (Å²) in [7, 11) is 0. The molecule has 0 spiro atoms. The summed E-state index contributed by atoms with van der Waals surface area (Å²) < 4.78 is 5.58. The van der Waals surface area contributed by atoms with Gasteiger partial charge in [0.2, 0.25) is 0 Å². The minimum Gasteiger partial charge on any atom is -0.493 e. The maximum absolute atomic E-state index is 5.58. The van der Waals surface area contributed by atoms with Crippen LogP contribution >= 0.6 is 0 Å². The molecule has 0 unspecified atom stereocenters. The van der Waals surface area contributed by atoms with Crippen LogP contribution in [0.25, 0.3) is 0 Å². The minimum absolute atomic E-state index is 0.196. The molecule has 0 fully saturated rings. The Morgan fingerprint density at radius 1 is 1.16 bits per heavy atom. The highest BCUT2D eigenvalue weighted by Crippen LogP contribution is 2.33. The lowest BCUT2D eigenvalue weighted by molar-refractivity contribution is 0.356. The van der Waals surface area contributed by atoms with Crippen molar-refractivity contribution in [3.05, 3.63) is 29.3 Å². The smallest absolute Gasteiger partial charge is 0.122 e. The Morgan fingerprint density at radius 2 is 1.89 bits per heavy atom. The summed E-state index contributed by atoms with van der Waals surface area (Å²) in [6.07, 6.45) is 2.20. The van der Waals surface area contributed by atoms with Crippen molar-refractivity contribution in [2.45, 2.75) is 58.4 Å². The minimum atomic E-state index is 0.196. The summed E-state index contributed by atoms with van der Waals surface area (Å²) in [4.78, 5) is 0. The van der Waals surface area contributed by atoms with Gasteiger partial charge in [-0.1, -0.05) is 26.0 Å². The van der Waals surface area contributed by atoms with Crippen molar-refractivity contribution in [2.24, 2.45) is 0 Å². The zero-order valence-corrected chi connectivity index (χ0v) is 13.0. The van der Waals surface area contributed by atoms with Crippen molar-refractivity contribution in [1.82, 2.24) is 5.32 Å². The summed E-state index contributed by atoms with van der Waals surface area (Å²) in [5.74, 6) is 1.08. The zero-order valence-electron chi connectivity index (χ0n) is 13.0. The molecule has 1 aliphatic rings. The second-order valence-electron chi connectivity index (χ2n) is 7.23. The fraction of sp³-hybridized carbons (Fsp3) is 0.647. The maximum atomic E-state index is 5.58. The zero-order chi connectivity index (χ0) is 14.1. The molecule has 1 N–H and O–H groups in total. The fourth-order valence-electron chi connectivity index (χ4n) is 2.50. The highest BCUT2D eigenvalue weighted by molar-refractivity contribution is 5.42. The number of hydrogen-bond acceptors (Lipinski definition) is 2. The monoisotopic (exact) mass is 261 g/mol. The molecule has 0 aliphatic carbocycles. The molecule has 0 aromatic heterocycles. The van der Waals surface area contributed by atoms with Gasteiger partial charge >= 0.3 is 0 Å². The van der Waals surface area contributed by atoms with E-state index in [9.17, 15) is 0 Å². The van der Waals surface area contributed by atoms with Gasteiger partial charge in [0, 0.05) is 12.0 Å². The lowest BCUT2D eigenvalue weighted by Gasteiger charge is -2.28. The van der Waals surface area contributed by atoms with E-state index in [0.717, 1.165) is 31.7 Å². The molecule has 0 saturated heterocycles. The second-order valence-corrected chi connectivity index (χ2v) is 7.23. The Bertz CT molecular complexity index is 443. The van der Waals surface area contributed by atoms with E-state index in [0.29, 0.717) is 0 Å². The molecule has 2 heteroatoms. The molecule has 19 heavy (non-hydrogen) atoms. The molecule has 0 atom stereocenters. The van der Waals surface area contributed by atoms with Gasteiger partial charge in [0.15, 0.2) is 0 Å². The van der Waals surface area contributed by atoms with Crippen LogP contribution in [0.1, 0.15) is 52.2 Å². The van der Waals surface area contributed by atoms with Crippen LogP contribution in [-0.2, 0) is 11.8 Å². The summed E-state index contributed by atoms with van der Waals surface area (Å²) in [5.41, 5.74) is 3.19. The van der Waals surface area contributed by atoms with Gasteiger partial charge in [-0.15, -0.1) is 0 Å². The van der Waals surface area contributed by atoms with E-state index < -0.39 is 0 Å². The van der Waals surface area contributed by atoms with Crippen LogP contribution in [0, 0.1) is 0 Å². The Hall–Kier alpha value is -1.02. The first kappa shape index (κ1) is 14.4. The first-order valence-electron chi connectivity index (χ1n) is 7.29. The van der Waals surface area contributed by atoms with E-state index in [2.05, 4.69) is 58.1 Å². The molecule has 0 amide bonds. The van der Waals surface area contributed by atoms with E-state index in [1.807, 2.05) is 0 Å². The molecule has 2 nitrogen and oxygen atoms in total. The van der Waals surface area contributed by atoms with Crippen LogP contribution in [0.2, 0.25) is 0 Å².